The summed E-state index contributed by atoms with van der Waals surface area (Å²) >= 11 is 0. The number of carbonyl (C=O) groups excluding carboxylic acids is 3. The zero-order valence-electron chi connectivity index (χ0n) is 35.8. The van der Waals surface area contributed by atoms with E-state index in [1.165, 1.54) is 22.3 Å². The summed E-state index contributed by atoms with van der Waals surface area (Å²) in [6.07, 6.45) is 21.4. The fraction of sp³-hybridized carbons (Fsp3) is 0.681. The standard InChI is InChI=1S/C47H74O9/c1-9-36(7)47(53)56-43-29-40(49)27-38-23-22-37(8)42(46(38)43)25-24-39(48)28-41(50)30-44(51)55-31-45(52)54-26-14-21-34(5)17-11-10-16-33(4)19-13-20-35(6)18-12-15-32(2)3/h15-17,20,22-23,27,36-37,39-43,46,48-50H,9-14,18-19,21,24-26,28-31H2,1-8H3/b33-16+,34-17+,35-20+/t36-,37-,39?,40-,41+,42-,43-,46-/m0/s1. The molecule has 0 aromatic heterocycles. The first kappa shape index (κ1) is 48.9. The summed E-state index contributed by atoms with van der Waals surface area (Å²) in [7, 11) is 0. The average molecular weight is 783 g/mol. The van der Waals surface area contributed by atoms with Crippen molar-refractivity contribution < 1.29 is 43.9 Å². The molecule has 0 saturated carbocycles. The molecule has 9 nitrogen and oxygen atoms in total. The molecule has 9 heteroatoms. The van der Waals surface area contributed by atoms with Gasteiger partial charge in [-0.3, -0.25) is 9.59 Å². The van der Waals surface area contributed by atoms with Crippen molar-refractivity contribution in [3.63, 3.8) is 0 Å². The van der Waals surface area contributed by atoms with Crippen LogP contribution in [0.2, 0.25) is 0 Å². The van der Waals surface area contributed by atoms with Crippen LogP contribution in [0.5, 0.6) is 0 Å². The fourth-order valence-corrected chi connectivity index (χ4v) is 7.39. The Bertz CT molecular complexity index is 1410. The monoisotopic (exact) mass is 783 g/mol. The Labute approximate surface area is 338 Å². The van der Waals surface area contributed by atoms with Gasteiger partial charge in [-0.2, -0.15) is 0 Å². The highest BCUT2D eigenvalue weighted by molar-refractivity contribution is 5.76. The first-order valence-electron chi connectivity index (χ1n) is 21.2. The molecule has 56 heavy (non-hydrogen) atoms. The van der Waals surface area contributed by atoms with Crippen LogP contribution in [0.1, 0.15) is 145 Å². The third-order valence-electron chi connectivity index (χ3n) is 11.0. The highest BCUT2D eigenvalue weighted by atomic mass is 16.6. The number of fused-ring (bicyclic) bond motifs is 1. The zero-order chi connectivity index (χ0) is 41.6. The molecular weight excluding hydrogens is 709 g/mol. The molecule has 316 valence electrons. The molecule has 0 fully saturated rings. The minimum Gasteiger partial charge on any atom is -0.463 e. The quantitative estimate of drug-likeness (QED) is 0.0358. The molecule has 8 atom stereocenters. The second-order valence-corrected chi connectivity index (χ2v) is 16.6. The maximum absolute atomic E-state index is 12.7. The Kier molecular flexibility index (Phi) is 23.2. The van der Waals surface area contributed by atoms with E-state index in [2.05, 4.69) is 71.9 Å². The number of hydrogen-bond acceptors (Lipinski definition) is 9. The number of ether oxygens (including phenoxy) is 3. The lowest BCUT2D eigenvalue weighted by atomic mass is 9.66. The molecule has 2 aliphatic carbocycles. The van der Waals surface area contributed by atoms with Gasteiger partial charge in [-0.1, -0.05) is 85.6 Å². The molecule has 0 bridgehead atoms. The van der Waals surface area contributed by atoms with Gasteiger partial charge in [0.15, 0.2) is 6.61 Å². The Morgan fingerprint density at radius 3 is 2.12 bits per heavy atom. The number of allylic oxidation sites excluding steroid dienone is 10. The van der Waals surface area contributed by atoms with E-state index in [4.69, 9.17) is 14.2 Å². The number of esters is 3. The van der Waals surface area contributed by atoms with Crippen molar-refractivity contribution in [2.45, 2.75) is 170 Å². The van der Waals surface area contributed by atoms with Crippen LogP contribution in [0.3, 0.4) is 0 Å². The average Bonchev–Trinajstić information content (AvgIpc) is 3.13. The predicted molar refractivity (Wildman–Crippen MR) is 223 cm³/mol. The molecule has 0 radical (unpaired) electrons. The van der Waals surface area contributed by atoms with E-state index in [9.17, 15) is 29.7 Å². The van der Waals surface area contributed by atoms with Crippen molar-refractivity contribution in [1.29, 1.82) is 0 Å². The van der Waals surface area contributed by atoms with E-state index in [1.807, 2.05) is 26.0 Å². The topological polar surface area (TPSA) is 140 Å². The van der Waals surface area contributed by atoms with E-state index < -0.39 is 43.0 Å². The lowest BCUT2D eigenvalue weighted by Gasteiger charge is -2.43. The van der Waals surface area contributed by atoms with Crippen molar-refractivity contribution in [3.05, 3.63) is 70.4 Å². The van der Waals surface area contributed by atoms with Crippen molar-refractivity contribution in [2.75, 3.05) is 13.2 Å². The van der Waals surface area contributed by atoms with Gasteiger partial charge in [0.1, 0.15) is 6.10 Å². The van der Waals surface area contributed by atoms with Gasteiger partial charge >= 0.3 is 17.9 Å². The van der Waals surface area contributed by atoms with E-state index in [0.29, 0.717) is 32.1 Å². The van der Waals surface area contributed by atoms with Crippen LogP contribution in [0.15, 0.2) is 70.4 Å². The number of rotatable bonds is 25. The summed E-state index contributed by atoms with van der Waals surface area (Å²) in [5.74, 6) is -1.77. The minimum atomic E-state index is -1.13. The number of hydrogen-bond donors (Lipinski definition) is 3. The second-order valence-electron chi connectivity index (χ2n) is 16.6. The number of unbranched alkanes of at least 4 members (excludes halogenated alkanes) is 1. The summed E-state index contributed by atoms with van der Waals surface area (Å²) in [5.41, 5.74) is 6.43. The molecule has 0 aromatic rings. The Morgan fingerprint density at radius 2 is 1.48 bits per heavy atom. The van der Waals surface area contributed by atoms with E-state index in [-0.39, 0.29) is 49.1 Å². The van der Waals surface area contributed by atoms with Crippen LogP contribution in [-0.2, 0) is 28.6 Å². The lowest BCUT2D eigenvalue weighted by Crippen LogP contribution is -2.43. The smallest absolute Gasteiger partial charge is 0.344 e. The third-order valence-corrected chi connectivity index (χ3v) is 11.0. The summed E-state index contributed by atoms with van der Waals surface area (Å²) in [6, 6.07) is 0. The molecule has 2 aliphatic rings. The van der Waals surface area contributed by atoms with Gasteiger partial charge in [-0.15, -0.1) is 0 Å². The summed E-state index contributed by atoms with van der Waals surface area (Å²) in [6.45, 7) is 16.3. The molecule has 0 saturated heterocycles. The van der Waals surface area contributed by atoms with E-state index in [1.54, 1.807) is 0 Å². The highest BCUT2D eigenvalue weighted by Crippen LogP contribution is 2.44. The van der Waals surface area contributed by atoms with Crippen LogP contribution in [0, 0.1) is 23.7 Å². The molecule has 3 N–H and O–H groups in total. The molecular formula is C47H74O9. The van der Waals surface area contributed by atoms with Crippen LogP contribution < -0.4 is 0 Å². The molecule has 0 heterocycles. The molecule has 1 unspecified atom stereocenters. The Hall–Kier alpha value is -3.27. The van der Waals surface area contributed by atoms with Gasteiger partial charge in [0.25, 0.3) is 0 Å². The lowest BCUT2D eigenvalue weighted by molar-refractivity contribution is -0.160. The van der Waals surface area contributed by atoms with Crippen LogP contribution in [-0.4, -0.2) is 70.9 Å². The fourth-order valence-electron chi connectivity index (χ4n) is 7.39. The van der Waals surface area contributed by atoms with Crippen LogP contribution in [0.25, 0.3) is 0 Å². The van der Waals surface area contributed by atoms with Crippen molar-refractivity contribution in [1.82, 2.24) is 0 Å². The van der Waals surface area contributed by atoms with E-state index in [0.717, 1.165) is 50.5 Å². The normalized spacial score (nSPS) is 23.0. The van der Waals surface area contributed by atoms with Gasteiger partial charge in [0, 0.05) is 12.3 Å². The van der Waals surface area contributed by atoms with Gasteiger partial charge in [-0.25, -0.2) is 4.79 Å². The molecule has 2 rings (SSSR count). The van der Waals surface area contributed by atoms with Gasteiger partial charge in [0.05, 0.1) is 37.3 Å². The van der Waals surface area contributed by atoms with Crippen molar-refractivity contribution in [3.8, 4) is 0 Å². The summed E-state index contributed by atoms with van der Waals surface area (Å²) in [5, 5.41) is 31.7. The maximum Gasteiger partial charge on any atom is 0.344 e. The number of carbonyl (C=O) groups is 3. The van der Waals surface area contributed by atoms with Gasteiger partial charge < -0.3 is 29.5 Å². The maximum atomic E-state index is 12.7. The first-order chi connectivity index (χ1) is 26.6. The van der Waals surface area contributed by atoms with Crippen LogP contribution >= 0.6 is 0 Å². The molecule has 0 amide bonds. The first-order valence-corrected chi connectivity index (χ1v) is 21.2. The van der Waals surface area contributed by atoms with Crippen molar-refractivity contribution >= 4 is 17.9 Å². The summed E-state index contributed by atoms with van der Waals surface area (Å²) in [4.78, 5) is 37.1. The van der Waals surface area contributed by atoms with E-state index >= 15 is 0 Å². The van der Waals surface area contributed by atoms with Crippen LogP contribution in [0.4, 0.5) is 0 Å². The van der Waals surface area contributed by atoms with Crippen molar-refractivity contribution in [2.24, 2.45) is 23.7 Å². The molecule has 0 aromatic carbocycles. The third kappa shape index (κ3) is 19.7. The zero-order valence-corrected chi connectivity index (χ0v) is 35.8. The number of aliphatic hydroxyl groups is 3. The Balaban J connectivity index is 1.64. The largest absolute Gasteiger partial charge is 0.463 e. The predicted octanol–water partition coefficient (Wildman–Crippen LogP) is 9.37. The molecule has 0 aliphatic heterocycles. The minimum absolute atomic E-state index is 0.0214. The van der Waals surface area contributed by atoms with Gasteiger partial charge in [0.2, 0.25) is 0 Å². The SMILES string of the molecule is CC[C@H](C)C(=O)O[C@H]1C[C@@H](O)C=C2C=C[C@H](C)[C@H](CCC(O)C[C@@H](O)CC(=O)OCC(=O)OCCC/C(C)=C/CC/C=C(\C)CC/C=C(\C)CCC=C(C)C)[C@H]21. The number of aliphatic hydroxyl groups excluding tert-OH is 3. The molecule has 0 spiro atoms. The highest BCUT2D eigenvalue weighted by Gasteiger charge is 2.42. The second kappa shape index (κ2) is 26.6. The van der Waals surface area contributed by atoms with Gasteiger partial charge in [-0.05, 0) is 129 Å². The summed E-state index contributed by atoms with van der Waals surface area (Å²) < 4.78 is 16.2. The Morgan fingerprint density at radius 1 is 0.857 bits per heavy atom.